The first kappa shape index (κ1) is 17.0. The van der Waals surface area contributed by atoms with Crippen molar-refractivity contribution in [2.75, 3.05) is 6.54 Å². The number of hydrogen-bond acceptors (Lipinski definition) is 3. The van der Waals surface area contributed by atoms with E-state index in [9.17, 15) is 0 Å². The van der Waals surface area contributed by atoms with E-state index in [4.69, 9.17) is 5.73 Å². The van der Waals surface area contributed by atoms with Crippen molar-refractivity contribution < 1.29 is 0 Å². The summed E-state index contributed by atoms with van der Waals surface area (Å²) in [7, 11) is 0. The Kier molecular flexibility index (Phi) is 8.26. The molecule has 0 bridgehead atoms. The third-order valence-corrected chi connectivity index (χ3v) is 4.35. The van der Waals surface area contributed by atoms with Crippen molar-refractivity contribution in [1.29, 1.82) is 0 Å². The number of hydrogen-bond donors (Lipinski definition) is 2. The van der Waals surface area contributed by atoms with Gasteiger partial charge in [0.05, 0.1) is 12.2 Å². The van der Waals surface area contributed by atoms with Crippen LogP contribution < -0.4 is 11.1 Å². The van der Waals surface area contributed by atoms with Crippen LogP contribution in [-0.4, -0.2) is 17.5 Å². The molecule has 1 rings (SSSR count). The van der Waals surface area contributed by atoms with E-state index in [1.165, 1.54) is 37.0 Å². The second kappa shape index (κ2) is 9.75. The molecule has 1 aromatic rings. The Labute approximate surface area is 126 Å². The van der Waals surface area contributed by atoms with E-state index in [0.717, 1.165) is 23.7 Å². The summed E-state index contributed by atoms with van der Waals surface area (Å²) in [6.45, 7) is 7.84. The normalized spacial score (nSPS) is 11.8. The molecule has 0 unspecified atom stereocenters. The van der Waals surface area contributed by atoms with Gasteiger partial charge in [-0.1, -0.05) is 39.0 Å². The highest BCUT2D eigenvalue weighted by Crippen LogP contribution is 2.16. The molecule has 0 radical (unpaired) electrons. The largest absolute Gasteiger partial charge is 0.370 e. The van der Waals surface area contributed by atoms with Gasteiger partial charge < -0.3 is 11.1 Å². The fourth-order valence-electron chi connectivity index (χ4n) is 1.94. The van der Waals surface area contributed by atoms with Crippen LogP contribution in [0.2, 0.25) is 0 Å². The lowest BCUT2D eigenvalue weighted by Gasteiger charge is -2.05. The Morgan fingerprint density at radius 1 is 1.20 bits per heavy atom. The topological polar surface area (TPSA) is 63.3 Å². The lowest BCUT2D eigenvalue weighted by Crippen LogP contribution is -2.32. The molecule has 114 valence electrons. The summed E-state index contributed by atoms with van der Waals surface area (Å²) in [6.07, 6.45) is 7.75. The Morgan fingerprint density at radius 3 is 2.55 bits per heavy atom. The van der Waals surface area contributed by atoms with Crippen molar-refractivity contribution in [2.24, 2.45) is 10.7 Å². The van der Waals surface area contributed by atoms with Gasteiger partial charge in [0.15, 0.2) is 5.96 Å². The SMILES string of the molecule is CCCCCCCCNC(N)=NCc1nc(C)c(C)s1. The summed E-state index contributed by atoms with van der Waals surface area (Å²) in [4.78, 5) is 10.0. The van der Waals surface area contributed by atoms with Gasteiger partial charge in [-0.15, -0.1) is 11.3 Å². The van der Waals surface area contributed by atoms with E-state index in [0.29, 0.717) is 12.5 Å². The summed E-state index contributed by atoms with van der Waals surface area (Å²) < 4.78 is 0. The van der Waals surface area contributed by atoms with Crippen molar-refractivity contribution >= 4 is 17.3 Å². The number of aromatic nitrogens is 1. The van der Waals surface area contributed by atoms with Gasteiger partial charge in [-0.05, 0) is 20.3 Å². The minimum absolute atomic E-state index is 0.532. The summed E-state index contributed by atoms with van der Waals surface area (Å²) in [6, 6.07) is 0. The smallest absolute Gasteiger partial charge is 0.189 e. The van der Waals surface area contributed by atoms with E-state index in [-0.39, 0.29) is 0 Å². The third-order valence-electron chi connectivity index (χ3n) is 3.29. The number of nitrogens with zero attached hydrogens (tertiary/aromatic N) is 2. The molecule has 0 aliphatic heterocycles. The van der Waals surface area contributed by atoms with Gasteiger partial charge in [-0.25, -0.2) is 9.98 Å². The van der Waals surface area contributed by atoms with Crippen LogP contribution in [0.3, 0.4) is 0 Å². The highest BCUT2D eigenvalue weighted by molar-refractivity contribution is 7.11. The average Bonchev–Trinajstić information content (AvgIpc) is 2.74. The first-order chi connectivity index (χ1) is 9.63. The Morgan fingerprint density at radius 2 is 1.90 bits per heavy atom. The van der Waals surface area contributed by atoms with E-state index >= 15 is 0 Å². The standard InChI is InChI=1S/C15H28N4S/c1-4-5-6-7-8-9-10-17-15(16)18-11-14-19-12(2)13(3)20-14/h4-11H2,1-3H3,(H3,16,17,18). The van der Waals surface area contributed by atoms with Gasteiger partial charge in [0.25, 0.3) is 0 Å². The molecule has 0 aliphatic rings. The number of thiazole rings is 1. The zero-order chi connectivity index (χ0) is 14.8. The van der Waals surface area contributed by atoms with Crippen molar-refractivity contribution in [3.8, 4) is 0 Å². The molecule has 0 saturated carbocycles. The predicted molar refractivity (Wildman–Crippen MR) is 88.3 cm³/mol. The van der Waals surface area contributed by atoms with Crippen LogP contribution in [0.25, 0.3) is 0 Å². The van der Waals surface area contributed by atoms with Gasteiger partial charge in [0.2, 0.25) is 0 Å². The van der Waals surface area contributed by atoms with E-state index in [1.807, 2.05) is 6.92 Å². The molecule has 0 spiro atoms. The maximum atomic E-state index is 5.84. The van der Waals surface area contributed by atoms with E-state index < -0.39 is 0 Å². The van der Waals surface area contributed by atoms with Gasteiger partial charge in [0.1, 0.15) is 5.01 Å². The van der Waals surface area contributed by atoms with Crippen LogP contribution in [0.4, 0.5) is 0 Å². The molecule has 20 heavy (non-hydrogen) atoms. The number of nitrogens with two attached hydrogens (primary N) is 1. The monoisotopic (exact) mass is 296 g/mol. The Balaban J connectivity index is 2.12. The van der Waals surface area contributed by atoms with Crippen molar-refractivity contribution in [1.82, 2.24) is 10.3 Å². The Bertz CT molecular complexity index is 393. The zero-order valence-electron chi connectivity index (χ0n) is 13.0. The molecule has 3 N–H and O–H groups in total. The fraction of sp³-hybridized carbons (Fsp3) is 0.733. The second-order valence-corrected chi connectivity index (χ2v) is 6.43. The molecule has 1 heterocycles. The van der Waals surface area contributed by atoms with Crippen LogP contribution in [-0.2, 0) is 6.54 Å². The highest BCUT2D eigenvalue weighted by atomic mass is 32.1. The molecule has 0 amide bonds. The minimum atomic E-state index is 0.532. The van der Waals surface area contributed by atoms with Crippen LogP contribution >= 0.6 is 11.3 Å². The first-order valence-electron chi connectivity index (χ1n) is 7.60. The first-order valence-corrected chi connectivity index (χ1v) is 8.41. The number of aliphatic imine (C=N–C) groups is 1. The van der Waals surface area contributed by atoms with Gasteiger partial charge >= 0.3 is 0 Å². The van der Waals surface area contributed by atoms with Crippen molar-refractivity contribution in [2.45, 2.75) is 65.8 Å². The molecular formula is C15H28N4S. The quantitative estimate of drug-likeness (QED) is 0.416. The maximum absolute atomic E-state index is 5.84. The lowest BCUT2D eigenvalue weighted by atomic mass is 10.1. The van der Waals surface area contributed by atoms with Crippen LogP contribution in [0.1, 0.15) is 61.0 Å². The molecule has 0 aliphatic carbocycles. The predicted octanol–water partition coefficient (Wildman–Crippen LogP) is 3.52. The van der Waals surface area contributed by atoms with Crippen molar-refractivity contribution in [3.05, 3.63) is 15.6 Å². The number of rotatable bonds is 9. The highest BCUT2D eigenvalue weighted by Gasteiger charge is 2.02. The molecule has 1 aromatic heterocycles. The fourth-order valence-corrected chi connectivity index (χ4v) is 2.80. The van der Waals surface area contributed by atoms with Gasteiger partial charge in [0, 0.05) is 11.4 Å². The second-order valence-electron chi connectivity index (χ2n) is 5.15. The number of unbranched alkanes of at least 4 members (excludes halogenated alkanes) is 5. The summed E-state index contributed by atoms with van der Waals surface area (Å²) in [5.41, 5.74) is 6.94. The number of aryl methyl sites for hydroxylation is 2. The maximum Gasteiger partial charge on any atom is 0.189 e. The van der Waals surface area contributed by atoms with E-state index in [1.54, 1.807) is 11.3 Å². The minimum Gasteiger partial charge on any atom is -0.370 e. The zero-order valence-corrected chi connectivity index (χ0v) is 13.9. The number of guanidine groups is 1. The Hall–Kier alpha value is -1.10. The van der Waals surface area contributed by atoms with Gasteiger partial charge in [-0.2, -0.15) is 0 Å². The molecule has 4 nitrogen and oxygen atoms in total. The van der Waals surface area contributed by atoms with E-state index in [2.05, 4.69) is 29.1 Å². The summed E-state index contributed by atoms with van der Waals surface area (Å²) >= 11 is 1.69. The van der Waals surface area contributed by atoms with Crippen LogP contribution in [0, 0.1) is 13.8 Å². The molecule has 5 heteroatoms. The molecule has 0 aromatic carbocycles. The van der Waals surface area contributed by atoms with Gasteiger partial charge in [-0.3, -0.25) is 0 Å². The lowest BCUT2D eigenvalue weighted by molar-refractivity contribution is 0.601. The third kappa shape index (κ3) is 6.89. The number of nitrogens with one attached hydrogen (secondary N) is 1. The summed E-state index contributed by atoms with van der Waals surface area (Å²) in [5, 5.41) is 4.20. The molecule has 0 atom stereocenters. The molecule has 0 saturated heterocycles. The van der Waals surface area contributed by atoms with Crippen LogP contribution in [0.15, 0.2) is 4.99 Å². The summed E-state index contributed by atoms with van der Waals surface area (Å²) in [5.74, 6) is 0.532. The van der Waals surface area contributed by atoms with Crippen LogP contribution in [0.5, 0.6) is 0 Å². The molecule has 0 fully saturated rings. The average molecular weight is 296 g/mol. The molecular weight excluding hydrogens is 268 g/mol. The van der Waals surface area contributed by atoms with Crippen molar-refractivity contribution in [3.63, 3.8) is 0 Å².